The van der Waals surface area contributed by atoms with Crippen molar-refractivity contribution in [3.8, 4) is 11.5 Å². The van der Waals surface area contributed by atoms with Crippen molar-refractivity contribution < 1.29 is 19.1 Å². The Balaban J connectivity index is 1.57. The lowest BCUT2D eigenvalue weighted by molar-refractivity contribution is -0.116. The van der Waals surface area contributed by atoms with E-state index in [1.165, 1.54) is 0 Å². The summed E-state index contributed by atoms with van der Waals surface area (Å²) in [6.45, 7) is 2.33. The Labute approximate surface area is 169 Å². The fourth-order valence-electron chi connectivity index (χ4n) is 3.37. The third kappa shape index (κ3) is 3.85. The van der Waals surface area contributed by atoms with Gasteiger partial charge in [0.15, 0.2) is 0 Å². The van der Waals surface area contributed by atoms with Gasteiger partial charge in [0.1, 0.15) is 11.5 Å². The highest BCUT2D eigenvalue weighted by atomic mass is 16.5. The Morgan fingerprint density at radius 3 is 2.07 bits per heavy atom. The summed E-state index contributed by atoms with van der Waals surface area (Å²) in [6.07, 6.45) is 0.772. The molecule has 0 saturated heterocycles. The Kier molecular flexibility index (Phi) is 5.29. The zero-order valence-electron chi connectivity index (χ0n) is 16.1. The van der Waals surface area contributed by atoms with Gasteiger partial charge >= 0.3 is 5.97 Å². The first kappa shape index (κ1) is 18.7. The van der Waals surface area contributed by atoms with Crippen LogP contribution in [0.5, 0.6) is 11.5 Å². The minimum Gasteiger partial charge on any atom is -0.462 e. The number of carbonyl (C=O) groups excluding carboxylic acids is 2. The number of fused-ring (bicyclic) bond motifs is 2. The number of esters is 1. The van der Waals surface area contributed by atoms with Gasteiger partial charge in [-0.05, 0) is 42.8 Å². The Morgan fingerprint density at radius 2 is 1.48 bits per heavy atom. The van der Waals surface area contributed by atoms with Crippen LogP contribution in [0.2, 0.25) is 0 Å². The zero-order chi connectivity index (χ0) is 20.2. The van der Waals surface area contributed by atoms with Crippen molar-refractivity contribution in [2.24, 2.45) is 0 Å². The van der Waals surface area contributed by atoms with E-state index >= 15 is 0 Å². The summed E-state index contributed by atoms with van der Waals surface area (Å²) in [5.74, 6) is 0.359. The molecule has 5 nitrogen and oxygen atoms in total. The molecule has 1 heterocycles. The third-order valence-corrected chi connectivity index (χ3v) is 4.77. The Bertz CT molecular complexity index is 997. The minimum atomic E-state index is -0.481. The largest absolute Gasteiger partial charge is 0.462 e. The quantitative estimate of drug-likeness (QED) is 0.617. The second kappa shape index (κ2) is 8.19. The van der Waals surface area contributed by atoms with E-state index in [9.17, 15) is 9.59 Å². The molecule has 0 fully saturated rings. The molecular formula is C24H21NO4. The number of para-hydroxylation sites is 2. The van der Waals surface area contributed by atoms with Gasteiger partial charge < -0.3 is 14.8 Å². The maximum absolute atomic E-state index is 13.2. The zero-order valence-corrected chi connectivity index (χ0v) is 16.1. The van der Waals surface area contributed by atoms with Crippen molar-refractivity contribution >= 4 is 17.6 Å². The topological polar surface area (TPSA) is 64.6 Å². The van der Waals surface area contributed by atoms with Gasteiger partial charge in [-0.3, -0.25) is 4.79 Å². The molecule has 0 saturated carbocycles. The van der Waals surface area contributed by atoms with Crippen LogP contribution in [-0.4, -0.2) is 18.5 Å². The summed E-state index contributed by atoms with van der Waals surface area (Å²) in [7, 11) is 0. The monoisotopic (exact) mass is 387 g/mol. The molecule has 1 aliphatic heterocycles. The second-order valence-electron chi connectivity index (χ2n) is 6.81. The molecule has 4 rings (SSSR count). The molecule has 5 heteroatoms. The number of nitrogens with one attached hydrogen (secondary N) is 1. The Hall–Kier alpha value is -3.60. The van der Waals surface area contributed by atoms with Crippen LogP contribution in [0.3, 0.4) is 0 Å². The molecule has 0 aliphatic carbocycles. The molecule has 1 N–H and O–H groups in total. The van der Waals surface area contributed by atoms with Crippen molar-refractivity contribution in [1.82, 2.24) is 0 Å². The number of amides is 1. The van der Waals surface area contributed by atoms with Crippen LogP contribution in [0.25, 0.3) is 0 Å². The van der Waals surface area contributed by atoms with Crippen LogP contribution in [0.4, 0.5) is 5.69 Å². The molecule has 146 valence electrons. The van der Waals surface area contributed by atoms with Crippen LogP contribution in [0, 0.1) is 0 Å². The summed E-state index contributed by atoms with van der Waals surface area (Å²) in [5, 5.41) is 2.96. The van der Waals surface area contributed by atoms with Crippen molar-refractivity contribution in [2.75, 3.05) is 11.9 Å². The number of ether oxygens (including phenoxy) is 2. The molecule has 1 aliphatic rings. The molecule has 3 aromatic rings. The SMILES string of the molecule is CCCOC(=O)c1ccc(NC(=O)C2c3ccccc3Oc3ccccc32)cc1. The number of rotatable bonds is 5. The lowest BCUT2D eigenvalue weighted by atomic mass is 9.87. The predicted molar refractivity (Wildman–Crippen MR) is 110 cm³/mol. The third-order valence-electron chi connectivity index (χ3n) is 4.77. The predicted octanol–water partition coefficient (Wildman–Crippen LogP) is 5.13. The lowest BCUT2D eigenvalue weighted by Crippen LogP contribution is -2.25. The van der Waals surface area contributed by atoms with Crippen LogP contribution >= 0.6 is 0 Å². The van der Waals surface area contributed by atoms with Crippen LogP contribution in [0.1, 0.15) is 40.7 Å². The summed E-state index contributed by atoms with van der Waals surface area (Å²) in [5.41, 5.74) is 2.72. The maximum atomic E-state index is 13.2. The van der Waals surface area contributed by atoms with E-state index in [1.54, 1.807) is 24.3 Å². The van der Waals surface area contributed by atoms with Crippen LogP contribution < -0.4 is 10.1 Å². The first-order valence-corrected chi connectivity index (χ1v) is 9.61. The number of carbonyl (C=O) groups is 2. The van der Waals surface area contributed by atoms with Gasteiger partial charge in [0.2, 0.25) is 5.91 Å². The van der Waals surface area contributed by atoms with E-state index in [0.29, 0.717) is 29.4 Å². The fraction of sp³-hybridized carbons (Fsp3) is 0.167. The molecule has 0 unspecified atom stereocenters. The first-order valence-electron chi connectivity index (χ1n) is 9.61. The minimum absolute atomic E-state index is 0.158. The number of benzene rings is 3. The van der Waals surface area contributed by atoms with E-state index in [-0.39, 0.29) is 11.9 Å². The van der Waals surface area contributed by atoms with Gasteiger partial charge in [0.25, 0.3) is 0 Å². The second-order valence-corrected chi connectivity index (χ2v) is 6.81. The molecule has 0 bridgehead atoms. The maximum Gasteiger partial charge on any atom is 0.338 e. The molecule has 0 atom stereocenters. The molecule has 1 amide bonds. The lowest BCUT2D eigenvalue weighted by Gasteiger charge is -2.27. The molecular weight excluding hydrogens is 366 g/mol. The van der Waals surface area contributed by atoms with Crippen molar-refractivity contribution in [3.05, 3.63) is 89.5 Å². The van der Waals surface area contributed by atoms with Gasteiger partial charge in [-0.15, -0.1) is 0 Å². The molecule has 0 spiro atoms. The standard InChI is InChI=1S/C24H21NO4/c1-2-15-28-24(27)16-11-13-17(14-12-16)25-23(26)22-18-7-3-5-9-20(18)29-21-10-6-4-8-19(21)22/h3-14,22H,2,15H2,1H3,(H,25,26). The van der Waals surface area contributed by atoms with Gasteiger partial charge in [0, 0.05) is 16.8 Å². The van der Waals surface area contributed by atoms with E-state index in [2.05, 4.69) is 5.32 Å². The van der Waals surface area contributed by atoms with Gasteiger partial charge in [0.05, 0.1) is 18.1 Å². The summed E-state index contributed by atoms with van der Waals surface area (Å²) in [4.78, 5) is 25.1. The van der Waals surface area contributed by atoms with Crippen molar-refractivity contribution in [2.45, 2.75) is 19.3 Å². The highest BCUT2D eigenvalue weighted by molar-refractivity contribution is 6.00. The average Bonchev–Trinajstić information content (AvgIpc) is 2.76. The number of hydrogen-bond acceptors (Lipinski definition) is 4. The van der Waals surface area contributed by atoms with Crippen molar-refractivity contribution in [3.63, 3.8) is 0 Å². The van der Waals surface area contributed by atoms with E-state index < -0.39 is 5.92 Å². The molecule has 29 heavy (non-hydrogen) atoms. The smallest absolute Gasteiger partial charge is 0.338 e. The van der Waals surface area contributed by atoms with E-state index in [1.807, 2.05) is 55.5 Å². The Morgan fingerprint density at radius 1 is 0.897 bits per heavy atom. The van der Waals surface area contributed by atoms with Crippen LogP contribution in [-0.2, 0) is 9.53 Å². The van der Waals surface area contributed by atoms with Gasteiger partial charge in [-0.1, -0.05) is 43.3 Å². The highest BCUT2D eigenvalue weighted by Gasteiger charge is 2.32. The molecule has 3 aromatic carbocycles. The summed E-state index contributed by atoms with van der Waals surface area (Å²) >= 11 is 0. The summed E-state index contributed by atoms with van der Waals surface area (Å²) in [6, 6.07) is 21.8. The fourth-order valence-corrected chi connectivity index (χ4v) is 3.37. The van der Waals surface area contributed by atoms with Crippen LogP contribution in [0.15, 0.2) is 72.8 Å². The first-order chi connectivity index (χ1) is 14.2. The van der Waals surface area contributed by atoms with Crippen molar-refractivity contribution in [1.29, 1.82) is 0 Å². The highest BCUT2D eigenvalue weighted by Crippen LogP contribution is 2.44. The van der Waals surface area contributed by atoms with E-state index in [4.69, 9.17) is 9.47 Å². The average molecular weight is 387 g/mol. The van der Waals surface area contributed by atoms with Gasteiger partial charge in [-0.25, -0.2) is 4.79 Å². The molecule has 0 radical (unpaired) electrons. The van der Waals surface area contributed by atoms with Gasteiger partial charge in [-0.2, -0.15) is 0 Å². The summed E-state index contributed by atoms with van der Waals surface area (Å²) < 4.78 is 11.1. The number of anilines is 1. The molecule has 0 aromatic heterocycles. The number of hydrogen-bond donors (Lipinski definition) is 1. The normalized spacial score (nSPS) is 12.3. The van der Waals surface area contributed by atoms with E-state index in [0.717, 1.165) is 17.5 Å².